The average Bonchev–Trinajstić information content (AvgIpc) is 2.48. The zero-order chi connectivity index (χ0) is 20.8. The van der Waals surface area contributed by atoms with E-state index in [2.05, 4.69) is 34.6 Å². The molecule has 5 nitrogen and oxygen atoms in total. The molecule has 0 saturated carbocycles. The third-order valence-corrected chi connectivity index (χ3v) is 4.92. The first-order chi connectivity index (χ1) is 12.3. The number of carbonyl (C=O) groups is 1. The maximum absolute atomic E-state index is 13.0. The molecule has 1 aromatic rings. The first-order valence-electron chi connectivity index (χ1n) is 9.58. The third-order valence-electron chi connectivity index (χ3n) is 4.43. The van der Waals surface area contributed by atoms with E-state index in [1.807, 2.05) is 17.9 Å². The van der Waals surface area contributed by atoms with Gasteiger partial charge in [0.2, 0.25) is 5.91 Å². The quantitative estimate of drug-likeness (QED) is 0.571. The molecule has 0 spiro atoms. The molecule has 154 valence electrons. The molecule has 2 atom stereocenters. The van der Waals surface area contributed by atoms with Gasteiger partial charge >= 0.3 is 10.1 Å². The van der Waals surface area contributed by atoms with Gasteiger partial charge in [0.25, 0.3) is 0 Å². The highest BCUT2D eigenvalue weighted by molar-refractivity contribution is 7.86. The van der Waals surface area contributed by atoms with Gasteiger partial charge in [0, 0.05) is 19.0 Å². The predicted molar refractivity (Wildman–Crippen MR) is 110 cm³/mol. The molecule has 0 N–H and O–H groups in total. The van der Waals surface area contributed by atoms with Gasteiger partial charge in [0.05, 0.1) is 6.26 Å². The van der Waals surface area contributed by atoms with E-state index in [4.69, 9.17) is 4.18 Å². The van der Waals surface area contributed by atoms with Gasteiger partial charge in [-0.25, -0.2) is 0 Å². The fourth-order valence-electron chi connectivity index (χ4n) is 3.31. The van der Waals surface area contributed by atoms with Crippen LogP contribution in [0, 0.1) is 11.3 Å². The summed E-state index contributed by atoms with van der Waals surface area (Å²) in [6, 6.07) is 7.03. The van der Waals surface area contributed by atoms with Crippen LogP contribution in [0.2, 0.25) is 0 Å². The molecule has 1 amide bonds. The van der Waals surface area contributed by atoms with Crippen LogP contribution in [0.3, 0.4) is 0 Å². The summed E-state index contributed by atoms with van der Waals surface area (Å²) in [7, 11) is -3.57. The number of benzene rings is 1. The first-order valence-corrected chi connectivity index (χ1v) is 11.4. The molecule has 0 aliphatic heterocycles. The zero-order valence-corrected chi connectivity index (χ0v) is 18.6. The van der Waals surface area contributed by atoms with Crippen LogP contribution in [0.5, 0.6) is 5.75 Å². The Morgan fingerprint density at radius 3 is 2.37 bits per heavy atom. The van der Waals surface area contributed by atoms with Crippen LogP contribution in [0.25, 0.3) is 0 Å². The van der Waals surface area contributed by atoms with Crippen molar-refractivity contribution in [2.45, 2.75) is 73.4 Å². The monoisotopic (exact) mass is 397 g/mol. The summed E-state index contributed by atoms with van der Waals surface area (Å²) in [5.41, 5.74) is 1.05. The third kappa shape index (κ3) is 9.27. The van der Waals surface area contributed by atoms with Gasteiger partial charge in [0.15, 0.2) is 0 Å². The van der Waals surface area contributed by atoms with Crippen molar-refractivity contribution in [1.82, 2.24) is 4.90 Å². The van der Waals surface area contributed by atoms with Crippen LogP contribution in [0.4, 0.5) is 0 Å². The number of nitrogens with zero attached hydrogens (tertiary/aromatic N) is 1. The molecule has 6 heteroatoms. The van der Waals surface area contributed by atoms with Gasteiger partial charge in [-0.3, -0.25) is 4.79 Å². The van der Waals surface area contributed by atoms with Gasteiger partial charge < -0.3 is 9.08 Å². The summed E-state index contributed by atoms with van der Waals surface area (Å²) in [4.78, 5) is 14.8. The van der Waals surface area contributed by atoms with Crippen LogP contribution in [0.1, 0.15) is 66.4 Å². The van der Waals surface area contributed by atoms with E-state index in [9.17, 15) is 13.2 Å². The van der Waals surface area contributed by atoms with Crippen molar-refractivity contribution in [2.75, 3.05) is 6.26 Å². The maximum atomic E-state index is 13.0. The highest BCUT2D eigenvalue weighted by atomic mass is 32.2. The molecule has 0 radical (unpaired) electrons. The van der Waals surface area contributed by atoms with E-state index in [1.54, 1.807) is 18.2 Å². The lowest BCUT2D eigenvalue weighted by atomic mass is 9.84. The largest absolute Gasteiger partial charge is 0.383 e. The van der Waals surface area contributed by atoms with Crippen molar-refractivity contribution in [2.24, 2.45) is 11.3 Å². The fraction of sp³-hybridized carbons (Fsp3) is 0.667. The molecule has 0 aliphatic rings. The van der Waals surface area contributed by atoms with E-state index in [0.717, 1.165) is 24.7 Å². The molecular formula is C21H35NO4S. The number of rotatable bonds is 9. The van der Waals surface area contributed by atoms with Crippen LogP contribution in [0.15, 0.2) is 24.3 Å². The minimum Gasteiger partial charge on any atom is -0.383 e. The van der Waals surface area contributed by atoms with Crippen LogP contribution >= 0.6 is 0 Å². The molecule has 1 aromatic carbocycles. The normalized spacial score (nSPS) is 14.5. The molecule has 0 heterocycles. The first kappa shape index (κ1) is 23.5. The van der Waals surface area contributed by atoms with Crippen molar-refractivity contribution < 1.29 is 17.4 Å². The Morgan fingerprint density at radius 1 is 1.22 bits per heavy atom. The van der Waals surface area contributed by atoms with Crippen molar-refractivity contribution >= 4 is 16.0 Å². The molecule has 1 rings (SSSR count). The Kier molecular flexibility index (Phi) is 8.33. The highest BCUT2D eigenvalue weighted by Crippen LogP contribution is 2.27. The van der Waals surface area contributed by atoms with E-state index in [-0.39, 0.29) is 23.1 Å². The molecule has 0 unspecified atom stereocenters. The summed E-state index contributed by atoms with van der Waals surface area (Å²) in [6.07, 6.45) is 3.39. The second-order valence-electron chi connectivity index (χ2n) is 8.79. The Balaban J connectivity index is 2.92. The fourth-order valence-corrected chi connectivity index (χ4v) is 3.76. The Morgan fingerprint density at radius 2 is 1.85 bits per heavy atom. The van der Waals surface area contributed by atoms with E-state index in [0.29, 0.717) is 18.9 Å². The zero-order valence-electron chi connectivity index (χ0n) is 17.8. The van der Waals surface area contributed by atoms with Gasteiger partial charge in [-0.2, -0.15) is 8.42 Å². The molecule has 0 bridgehead atoms. The van der Waals surface area contributed by atoms with E-state index >= 15 is 0 Å². The number of hydrogen-bond donors (Lipinski definition) is 0. The van der Waals surface area contributed by atoms with Crippen molar-refractivity contribution in [3.63, 3.8) is 0 Å². The Labute approximate surface area is 165 Å². The van der Waals surface area contributed by atoms with E-state index in [1.165, 1.54) is 0 Å². The van der Waals surface area contributed by atoms with E-state index < -0.39 is 10.1 Å². The SMILES string of the molecule is CC[C@@H](C)N(Cc1cccc(OS(C)(=O)=O)c1)C(=O)C[C@H](C)CC(C)(C)C. The molecular weight excluding hydrogens is 362 g/mol. The van der Waals surface area contributed by atoms with Crippen LogP contribution in [-0.4, -0.2) is 31.5 Å². The van der Waals surface area contributed by atoms with Crippen LogP contribution in [-0.2, 0) is 21.5 Å². The van der Waals surface area contributed by atoms with Crippen LogP contribution < -0.4 is 4.18 Å². The smallest absolute Gasteiger partial charge is 0.306 e. The lowest BCUT2D eigenvalue weighted by molar-refractivity contribution is -0.135. The number of amides is 1. The molecule has 0 saturated heterocycles. The lowest BCUT2D eigenvalue weighted by Crippen LogP contribution is -2.38. The Hall–Kier alpha value is -1.56. The van der Waals surface area contributed by atoms with Gasteiger partial charge in [-0.05, 0) is 48.8 Å². The predicted octanol–water partition coefficient (Wildman–Crippen LogP) is 4.61. The molecule has 0 fully saturated rings. The minimum absolute atomic E-state index is 0.110. The molecule has 0 aromatic heterocycles. The summed E-state index contributed by atoms with van der Waals surface area (Å²) < 4.78 is 27.7. The number of hydrogen-bond acceptors (Lipinski definition) is 4. The van der Waals surface area contributed by atoms with Gasteiger partial charge in [-0.15, -0.1) is 0 Å². The minimum atomic E-state index is -3.57. The summed E-state index contributed by atoms with van der Waals surface area (Å²) in [5.74, 6) is 0.715. The topological polar surface area (TPSA) is 63.7 Å². The van der Waals surface area contributed by atoms with Gasteiger partial charge in [-0.1, -0.05) is 46.8 Å². The average molecular weight is 398 g/mol. The standard InChI is InChI=1S/C21H35NO4S/c1-8-17(3)22(20(23)12-16(2)14-21(4,5)6)15-18-10-9-11-19(13-18)26-27(7,24)25/h9-11,13,16-17H,8,12,14-15H2,1-7H3/t16-,17+/m0/s1. The van der Waals surface area contributed by atoms with Gasteiger partial charge in [0.1, 0.15) is 5.75 Å². The molecule has 0 aliphatic carbocycles. The van der Waals surface area contributed by atoms with Crippen molar-refractivity contribution in [3.8, 4) is 5.75 Å². The summed E-state index contributed by atoms with van der Waals surface area (Å²) in [6.45, 7) is 13.2. The molecule has 27 heavy (non-hydrogen) atoms. The lowest BCUT2D eigenvalue weighted by Gasteiger charge is -2.31. The highest BCUT2D eigenvalue weighted by Gasteiger charge is 2.24. The second kappa shape index (κ2) is 9.58. The summed E-state index contributed by atoms with van der Waals surface area (Å²) in [5, 5.41) is 0. The van der Waals surface area contributed by atoms with Crippen molar-refractivity contribution in [3.05, 3.63) is 29.8 Å². The number of carbonyl (C=O) groups excluding carboxylic acids is 1. The summed E-state index contributed by atoms with van der Waals surface area (Å²) >= 11 is 0. The Bertz CT molecular complexity index is 722. The second-order valence-corrected chi connectivity index (χ2v) is 10.4. The van der Waals surface area contributed by atoms with Crippen molar-refractivity contribution in [1.29, 1.82) is 0 Å². The maximum Gasteiger partial charge on any atom is 0.306 e.